The first-order valence-corrected chi connectivity index (χ1v) is 5.03. The van der Waals surface area contributed by atoms with Crippen molar-refractivity contribution >= 4 is 11.9 Å². The van der Waals surface area contributed by atoms with Gasteiger partial charge in [0, 0.05) is 0 Å². The fourth-order valence-electron chi connectivity index (χ4n) is 1.41. The molecule has 0 heterocycles. The third kappa shape index (κ3) is 4.14. The Labute approximate surface area is 90.7 Å². The highest BCUT2D eigenvalue weighted by atomic mass is 16.5. The van der Waals surface area contributed by atoms with Gasteiger partial charge in [-0.2, -0.15) is 0 Å². The average molecular weight is 213 g/mol. The Balaban J connectivity index is 4.64. The van der Waals surface area contributed by atoms with Gasteiger partial charge < -0.3 is 10.1 Å². The van der Waals surface area contributed by atoms with Gasteiger partial charge in [0.2, 0.25) is 5.91 Å². The van der Waals surface area contributed by atoms with Gasteiger partial charge in [-0.3, -0.25) is 4.79 Å². The number of carbonyl (C=O) groups excluding carboxylic acids is 2. The maximum Gasteiger partial charge on any atom is 0.331 e. The first-order chi connectivity index (χ1) is 7.00. The summed E-state index contributed by atoms with van der Waals surface area (Å²) in [4.78, 5) is 22.9. The molecule has 0 saturated carbocycles. The van der Waals surface area contributed by atoms with E-state index in [4.69, 9.17) is 0 Å². The van der Waals surface area contributed by atoms with Crippen molar-refractivity contribution in [3.8, 4) is 0 Å². The number of hydrogen-bond donors (Lipinski definition) is 1. The second kappa shape index (κ2) is 6.22. The number of rotatable bonds is 5. The molecule has 1 unspecified atom stereocenters. The SMILES string of the molecule is C/C=C/C(=O)NC(C)(CCC)C(=O)OC. The molecular weight excluding hydrogens is 194 g/mol. The van der Waals surface area contributed by atoms with Gasteiger partial charge in [-0.05, 0) is 26.3 Å². The molecule has 0 fully saturated rings. The van der Waals surface area contributed by atoms with Crippen LogP contribution in [0, 0.1) is 0 Å². The summed E-state index contributed by atoms with van der Waals surface area (Å²) >= 11 is 0. The smallest absolute Gasteiger partial charge is 0.331 e. The molecule has 0 saturated heterocycles. The van der Waals surface area contributed by atoms with Crippen molar-refractivity contribution in [3.63, 3.8) is 0 Å². The molecule has 0 spiro atoms. The normalized spacial score (nSPS) is 14.7. The Hall–Kier alpha value is -1.32. The van der Waals surface area contributed by atoms with Gasteiger partial charge in [0.25, 0.3) is 0 Å². The van der Waals surface area contributed by atoms with Gasteiger partial charge in [0.15, 0.2) is 0 Å². The van der Waals surface area contributed by atoms with Crippen molar-refractivity contribution < 1.29 is 14.3 Å². The minimum Gasteiger partial charge on any atom is -0.467 e. The van der Waals surface area contributed by atoms with Gasteiger partial charge in [-0.1, -0.05) is 19.4 Å². The van der Waals surface area contributed by atoms with E-state index in [1.807, 2.05) is 6.92 Å². The van der Waals surface area contributed by atoms with Crippen LogP contribution in [0.25, 0.3) is 0 Å². The molecule has 1 amide bonds. The molecule has 0 radical (unpaired) electrons. The number of carbonyl (C=O) groups is 2. The summed E-state index contributed by atoms with van der Waals surface area (Å²) in [7, 11) is 1.32. The second-order valence-corrected chi connectivity index (χ2v) is 3.56. The van der Waals surface area contributed by atoms with Crippen LogP contribution in [-0.4, -0.2) is 24.5 Å². The van der Waals surface area contributed by atoms with Crippen molar-refractivity contribution in [2.45, 2.75) is 39.2 Å². The van der Waals surface area contributed by atoms with Crippen LogP contribution in [-0.2, 0) is 14.3 Å². The zero-order valence-electron chi connectivity index (χ0n) is 9.79. The lowest BCUT2D eigenvalue weighted by Crippen LogP contribution is -2.52. The van der Waals surface area contributed by atoms with Crippen LogP contribution in [0.2, 0.25) is 0 Å². The lowest BCUT2D eigenvalue weighted by atomic mass is 9.96. The van der Waals surface area contributed by atoms with Crippen molar-refractivity contribution in [1.82, 2.24) is 5.32 Å². The quantitative estimate of drug-likeness (QED) is 0.555. The van der Waals surface area contributed by atoms with Crippen molar-refractivity contribution in [3.05, 3.63) is 12.2 Å². The molecular formula is C11H19NO3. The maximum absolute atomic E-state index is 11.5. The maximum atomic E-state index is 11.5. The van der Waals surface area contributed by atoms with E-state index < -0.39 is 11.5 Å². The zero-order valence-corrected chi connectivity index (χ0v) is 9.79. The van der Waals surface area contributed by atoms with E-state index in [-0.39, 0.29) is 5.91 Å². The monoisotopic (exact) mass is 213 g/mol. The molecule has 1 N–H and O–H groups in total. The first kappa shape index (κ1) is 13.7. The molecule has 0 bridgehead atoms. The topological polar surface area (TPSA) is 55.4 Å². The summed E-state index contributed by atoms with van der Waals surface area (Å²) in [6.07, 6.45) is 4.36. The van der Waals surface area contributed by atoms with E-state index in [9.17, 15) is 9.59 Å². The Morgan fingerprint density at radius 2 is 2.07 bits per heavy atom. The van der Waals surface area contributed by atoms with Crippen molar-refractivity contribution in [2.24, 2.45) is 0 Å². The molecule has 0 aliphatic carbocycles. The fourth-order valence-corrected chi connectivity index (χ4v) is 1.41. The van der Waals surface area contributed by atoms with Crippen molar-refractivity contribution in [2.75, 3.05) is 7.11 Å². The standard InChI is InChI=1S/C11H19NO3/c1-5-7-9(13)12-11(3,8-6-2)10(14)15-4/h5,7H,6,8H2,1-4H3,(H,12,13)/b7-5+. The number of ether oxygens (including phenoxy) is 1. The highest BCUT2D eigenvalue weighted by Crippen LogP contribution is 2.14. The Kier molecular flexibility index (Phi) is 5.67. The van der Waals surface area contributed by atoms with Crippen LogP contribution >= 0.6 is 0 Å². The number of amides is 1. The third-order valence-electron chi connectivity index (χ3n) is 2.10. The predicted octanol–water partition coefficient (Wildman–Crippen LogP) is 1.41. The van der Waals surface area contributed by atoms with E-state index in [2.05, 4.69) is 10.1 Å². The number of nitrogens with one attached hydrogen (secondary N) is 1. The van der Waals surface area contributed by atoms with Crippen LogP contribution in [0.15, 0.2) is 12.2 Å². The summed E-state index contributed by atoms with van der Waals surface area (Å²) in [5, 5.41) is 2.65. The van der Waals surface area contributed by atoms with Crippen LogP contribution < -0.4 is 5.32 Å². The minimum atomic E-state index is -0.930. The van der Waals surface area contributed by atoms with Crippen LogP contribution in [0.3, 0.4) is 0 Å². The van der Waals surface area contributed by atoms with Crippen LogP contribution in [0.4, 0.5) is 0 Å². The molecule has 0 rings (SSSR count). The summed E-state index contributed by atoms with van der Waals surface area (Å²) in [5.74, 6) is -0.693. The Bertz CT molecular complexity index is 261. The van der Waals surface area contributed by atoms with E-state index in [0.717, 1.165) is 6.42 Å². The Morgan fingerprint density at radius 3 is 2.47 bits per heavy atom. The van der Waals surface area contributed by atoms with Gasteiger partial charge in [0.05, 0.1) is 7.11 Å². The zero-order chi connectivity index (χ0) is 11.9. The van der Waals surface area contributed by atoms with Gasteiger partial charge in [-0.25, -0.2) is 4.79 Å². The lowest BCUT2D eigenvalue weighted by Gasteiger charge is -2.26. The minimum absolute atomic E-state index is 0.279. The Morgan fingerprint density at radius 1 is 1.47 bits per heavy atom. The number of esters is 1. The number of hydrogen-bond acceptors (Lipinski definition) is 3. The van der Waals surface area contributed by atoms with E-state index >= 15 is 0 Å². The summed E-state index contributed by atoms with van der Waals surface area (Å²) in [6, 6.07) is 0. The van der Waals surface area contributed by atoms with E-state index in [1.54, 1.807) is 19.9 Å². The van der Waals surface area contributed by atoms with Crippen LogP contribution in [0.5, 0.6) is 0 Å². The molecule has 4 heteroatoms. The molecule has 0 aliphatic heterocycles. The molecule has 4 nitrogen and oxygen atoms in total. The first-order valence-electron chi connectivity index (χ1n) is 5.03. The number of methoxy groups -OCH3 is 1. The fraction of sp³-hybridized carbons (Fsp3) is 0.636. The van der Waals surface area contributed by atoms with Gasteiger partial charge in [-0.15, -0.1) is 0 Å². The lowest BCUT2D eigenvalue weighted by molar-refractivity contribution is -0.150. The largest absolute Gasteiger partial charge is 0.467 e. The molecule has 0 aromatic rings. The molecule has 1 atom stereocenters. The molecule has 0 aromatic heterocycles. The summed E-state index contributed by atoms with van der Waals surface area (Å²) < 4.78 is 4.67. The average Bonchev–Trinajstić information content (AvgIpc) is 2.17. The molecule has 86 valence electrons. The molecule has 0 aromatic carbocycles. The second-order valence-electron chi connectivity index (χ2n) is 3.56. The summed E-state index contributed by atoms with van der Waals surface area (Å²) in [6.45, 7) is 5.36. The van der Waals surface area contributed by atoms with E-state index in [1.165, 1.54) is 13.2 Å². The number of allylic oxidation sites excluding steroid dienone is 1. The van der Waals surface area contributed by atoms with E-state index in [0.29, 0.717) is 6.42 Å². The van der Waals surface area contributed by atoms with Crippen LogP contribution in [0.1, 0.15) is 33.6 Å². The van der Waals surface area contributed by atoms with Crippen molar-refractivity contribution in [1.29, 1.82) is 0 Å². The molecule has 15 heavy (non-hydrogen) atoms. The third-order valence-corrected chi connectivity index (χ3v) is 2.10. The van der Waals surface area contributed by atoms with Gasteiger partial charge in [0.1, 0.15) is 5.54 Å². The van der Waals surface area contributed by atoms with Gasteiger partial charge >= 0.3 is 5.97 Å². The highest BCUT2D eigenvalue weighted by Gasteiger charge is 2.34. The molecule has 0 aliphatic rings. The summed E-state index contributed by atoms with van der Waals surface area (Å²) in [5.41, 5.74) is -0.930. The highest BCUT2D eigenvalue weighted by molar-refractivity contribution is 5.93. The predicted molar refractivity (Wildman–Crippen MR) is 58.3 cm³/mol.